The predicted molar refractivity (Wildman–Crippen MR) is 78.5 cm³/mol. The lowest BCUT2D eigenvalue weighted by Gasteiger charge is -2.27. The summed E-state index contributed by atoms with van der Waals surface area (Å²) < 4.78 is 0. The van der Waals surface area contributed by atoms with Crippen molar-refractivity contribution >= 4 is 17.4 Å². The first kappa shape index (κ1) is 13.7. The molecule has 0 aliphatic heterocycles. The van der Waals surface area contributed by atoms with Gasteiger partial charge in [0.1, 0.15) is 5.82 Å². The lowest BCUT2D eigenvalue weighted by atomic mass is 10.1. The zero-order valence-corrected chi connectivity index (χ0v) is 12.5. The quantitative estimate of drug-likeness (QED) is 0.744. The summed E-state index contributed by atoms with van der Waals surface area (Å²) in [5.74, 6) is 2.91. The zero-order chi connectivity index (χ0) is 13.3. The summed E-state index contributed by atoms with van der Waals surface area (Å²) in [5, 5.41) is 0. The van der Waals surface area contributed by atoms with Crippen LogP contribution < -0.4 is 4.90 Å². The Bertz CT molecular complexity index is 413. The van der Waals surface area contributed by atoms with Gasteiger partial charge in [0.05, 0.1) is 0 Å². The van der Waals surface area contributed by atoms with Gasteiger partial charge in [0, 0.05) is 24.7 Å². The second-order valence-corrected chi connectivity index (χ2v) is 6.00. The van der Waals surface area contributed by atoms with E-state index < -0.39 is 0 Å². The third kappa shape index (κ3) is 2.97. The van der Waals surface area contributed by atoms with Crippen molar-refractivity contribution in [3.8, 4) is 0 Å². The minimum atomic E-state index is 0.441. The third-order valence-corrected chi connectivity index (χ3v) is 4.22. The summed E-state index contributed by atoms with van der Waals surface area (Å²) in [6, 6.07) is 4.82. The first-order valence-electron chi connectivity index (χ1n) is 6.82. The summed E-state index contributed by atoms with van der Waals surface area (Å²) in [6.45, 7) is 6.64. The summed E-state index contributed by atoms with van der Waals surface area (Å²) in [6.07, 6.45) is 2.72. The maximum Gasteiger partial charge on any atom is 0.129 e. The van der Waals surface area contributed by atoms with E-state index in [1.807, 2.05) is 0 Å². The molecule has 1 heterocycles. The first-order chi connectivity index (χ1) is 8.52. The van der Waals surface area contributed by atoms with Gasteiger partial charge in [0.25, 0.3) is 0 Å². The van der Waals surface area contributed by atoms with E-state index in [1.54, 1.807) is 0 Å². The number of rotatable bonds is 5. The van der Waals surface area contributed by atoms with Gasteiger partial charge in [-0.25, -0.2) is 4.98 Å². The molecule has 0 aromatic carbocycles. The predicted octanol–water partition coefficient (Wildman–Crippen LogP) is 4.18. The number of aromatic nitrogens is 1. The molecule has 3 heteroatoms. The molecule has 0 radical (unpaired) electrons. The molecule has 1 aliphatic rings. The number of hydrogen-bond acceptors (Lipinski definition) is 2. The molecule has 1 atom stereocenters. The molecule has 0 saturated heterocycles. The Hall–Kier alpha value is -0.760. The van der Waals surface area contributed by atoms with Gasteiger partial charge >= 0.3 is 0 Å². The summed E-state index contributed by atoms with van der Waals surface area (Å²) in [7, 11) is 2.15. The van der Waals surface area contributed by atoms with E-state index in [9.17, 15) is 0 Å². The SMILES string of the molecule is CC(C)c1cc(CCl)cc(N(C)C(C)C2CC2)n1. The van der Waals surface area contributed by atoms with Gasteiger partial charge in [-0.3, -0.25) is 0 Å². The van der Waals surface area contributed by atoms with Gasteiger partial charge in [-0.2, -0.15) is 0 Å². The van der Waals surface area contributed by atoms with E-state index in [1.165, 1.54) is 18.4 Å². The molecule has 1 aromatic heterocycles. The van der Waals surface area contributed by atoms with Crippen LogP contribution in [-0.4, -0.2) is 18.1 Å². The molecular weight excluding hydrogens is 244 g/mol. The molecule has 1 saturated carbocycles. The Morgan fingerprint density at radius 1 is 1.33 bits per heavy atom. The van der Waals surface area contributed by atoms with Crippen LogP contribution in [0.1, 0.15) is 50.8 Å². The lowest BCUT2D eigenvalue weighted by molar-refractivity contribution is 0.602. The van der Waals surface area contributed by atoms with Crippen molar-refractivity contribution in [1.29, 1.82) is 0 Å². The van der Waals surface area contributed by atoms with Crippen LogP contribution in [0.15, 0.2) is 12.1 Å². The Labute approximate surface area is 115 Å². The normalized spacial score (nSPS) is 17.0. The van der Waals surface area contributed by atoms with Crippen molar-refractivity contribution in [2.45, 2.75) is 51.5 Å². The fraction of sp³-hybridized carbons (Fsp3) is 0.667. The number of alkyl halides is 1. The highest BCUT2D eigenvalue weighted by molar-refractivity contribution is 6.17. The second-order valence-electron chi connectivity index (χ2n) is 5.74. The smallest absolute Gasteiger partial charge is 0.129 e. The number of hydrogen-bond donors (Lipinski definition) is 0. The van der Waals surface area contributed by atoms with E-state index in [0.717, 1.165) is 17.4 Å². The van der Waals surface area contributed by atoms with Gasteiger partial charge in [0.2, 0.25) is 0 Å². The molecule has 100 valence electrons. The number of pyridine rings is 1. The standard InChI is InChI=1S/C15H23ClN2/c1-10(2)14-7-12(9-16)8-15(17-14)18(4)11(3)13-5-6-13/h7-8,10-11,13H,5-6,9H2,1-4H3. The highest BCUT2D eigenvalue weighted by Crippen LogP contribution is 2.36. The van der Waals surface area contributed by atoms with Crippen molar-refractivity contribution in [3.63, 3.8) is 0 Å². The van der Waals surface area contributed by atoms with E-state index in [-0.39, 0.29) is 0 Å². The van der Waals surface area contributed by atoms with Crippen molar-refractivity contribution in [2.75, 3.05) is 11.9 Å². The second kappa shape index (κ2) is 5.48. The van der Waals surface area contributed by atoms with Crippen LogP contribution >= 0.6 is 11.6 Å². The van der Waals surface area contributed by atoms with Crippen molar-refractivity contribution in [2.24, 2.45) is 5.92 Å². The maximum atomic E-state index is 5.99. The van der Waals surface area contributed by atoms with Crippen molar-refractivity contribution < 1.29 is 0 Å². The highest BCUT2D eigenvalue weighted by atomic mass is 35.5. The van der Waals surface area contributed by atoms with Crippen LogP contribution in [0.2, 0.25) is 0 Å². The number of anilines is 1. The van der Waals surface area contributed by atoms with Crippen LogP contribution in [0, 0.1) is 5.92 Å². The zero-order valence-electron chi connectivity index (χ0n) is 11.8. The van der Waals surface area contributed by atoms with Gasteiger partial charge in [-0.15, -0.1) is 11.6 Å². The Kier molecular flexibility index (Phi) is 4.16. The van der Waals surface area contributed by atoms with Crippen LogP contribution in [0.5, 0.6) is 0 Å². The molecule has 2 rings (SSSR count). The average Bonchev–Trinajstić information content (AvgIpc) is 3.20. The van der Waals surface area contributed by atoms with Crippen LogP contribution in [0.25, 0.3) is 0 Å². The van der Waals surface area contributed by atoms with Crippen LogP contribution in [0.3, 0.4) is 0 Å². The van der Waals surface area contributed by atoms with Crippen molar-refractivity contribution in [1.82, 2.24) is 4.98 Å². The lowest BCUT2D eigenvalue weighted by Crippen LogP contribution is -2.31. The van der Waals surface area contributed by atoms with Crippen molar-refractivity contribution in [3.05, 3.63) is 23.4 Å². The van der Waals surface area contributed by atoms with Gasteiger partial charge in [0.15, 0.2) is 0 Å². The molecule has 2 nitrogen and oxygen atoms in total. The van der Waals surface area contributed by atoms with E-state index in [4.69, 9.17) is 16.6 Å². The van der Waals surface area contributed by atoms with Crippen LogP contribution in [-0.2, 0) is 5.88 Å². The highest BCUT2D eigenvalue weighted by Gasteiger charge is 2.31. The minimum absolute atomic E-state index is 0.441. The molecule has 0 amide bonds. The fourth-order valence-corrected chi connectivity index (χ4v) is 2.41. The molecule has 1 fully saturated rings. The van der Waals surface area contributed by atoms with Gasteiger partial charge in [-0.1, -0.05) is 13.8 Å². The third-order valence-electron chi connectivity index (χ3n) is 3.91. The van der Waals surface area contributed by atoms with Crippen LogP contribution in [0.4, 0.5) is 5.82 Å². The topological polar surface area (TPSA) is 16.1 Å². The average molecular weight is 267 g/mol. The Morgan fingerprint density at radius 2 is 2.00 bits per heavy atom. The molecule has 18 heavy (non-hydrogen) atoms. The molecule has 0 spiro atoms. The molecule has 0 bridgehead atoms. The molecular formula is C15H23ClN2. The summed E-state index contributed by atoms with van der Waals surface area (Å²) in [4.78, 5) is 7.08. The number of nitrogens with zero attached hydrogens (tertiary/aromatic N) is 2. The summed E-state index contributed by atoms with van der Waals surface area (Å²) >= 11 is 5.99. The Balaban J connectivity index is 2.27. The largest absolute Gasteiger partial charge is 0.357 e. The minimum Gasteiger partial charge on any atom is -0.357 e. The summed E-state index contributed by atoms with van der Waals surface area (Å²) in [5.41, 5.74) is 2.30. The number of halogens is 1. The maximum absolute atomic E-state index is 5.99. The molecule has 1 aromatic rings. The van der Waals surface area contributed by atoms with E-state index in [0.29, 0.717) is 17.8 Å². The van der Waals surface area contributed by atoms with E-state index in [2.05, 4.69) is 44.9 Å². The molecule has 0 N–H and O–H groups in total. The molecule has 1 aliphatic carbocycles. The Morgan fingerprint density at radius 3 is 2.50 bits per heavy atom. The molecule has 1 unspecified atom stereocenters. The van der Waals surface area contributed by atoms with Gasteiger partial charge in [-0.05, 0) is 49.3 Å². The monoisotopic (exact) mass is 266 g/mol. The first-order valence-corrected chi connectivity index (χ1v) is 7.36. The van der Waals surface area contributed by atoms with Gasteiger partial charge < -0.3 is 4.90 Å². The fourth-order valence-electron chi connectivity index (χ4n) is 2.25. The van der Waals surface area contributed by atoms with E-state index >= 15 is 0 Å².